The van der Waals surface area contributed by atoms with Gasteiger partial charge in [-0.15, -0.1) is 0 Å². The molecule has 182 valence electrons. The highest BCUT2D eigenvalue weighted by Gasteiger charge is 2.39. The molecule has 3 aromatic carbocycles. The van der Waals surface area contributed by atoms with Crippen LogP contribution in [0.5, 0.6) is 0 Å². The van der Waals surface area contributed by atoms with Crippen LogP contribution in [-0.2, 0) is 19.9 Å². The number of hydrogen-bond acceptors (Lipinski definition) is 4. The van der Waals surface area contributed by atoms with Crippen molar-refractivity contribution < 1.29 is 24.2 Å². The Kier molecular flexibility index (Phi) is 7.91. The highest BCUT2D eigenvalue weighted by atomic mass is 16.6. The van der Waals surface area contributed by atoms with Crippen LogP contribution < -0.4 is 10.6 Å². The molecule has 0 spiro atoms. The number of benzene rings is 3. The maximum Gasteiger partial charge on any atom is 0.408 e. The lowest BCUT2D eigenvalue weighted by Gasteiger charge is -2.37. The van der Waals surface area contributed by atoms with Crippen LogP contribution in [0.25, 0.3) is 0 Å². The van der Waals surface area contributed by atoms with E-state index >= 15 is 0 Å². The summed E-state index contributed by atoms with van der Waals surface area (Å²) in [7, 11) is 0. The maximum atomic E-state index is 13.4. The van der Waals surface area contributed by atoms with Crippen molar-refractivity contribution in [1.82, 2.24) is 10.6 Å². The van der Waals surface area contributed by atoms with Gasteiger partial charge in [-0.3, -0.25) is 4.79 Å². The molecule has 0 saturated carbocycles. The summed E-state index contributed by atoms with van der Waals surface area (Å²) in [6.07, 6.45) is -1.39. The molecule has 35 heavy (non-hydrogen) atoms. The Balaban J connectivity index is 2.00. The van der Waals surface area contributed by atoms with Crippen molar-refractivity contribution in [3.05, 3.63) is 108 Å². The maximum absolute atomic E-state index is 13.4. The monoisotopic (exact) mass is 474 g/mol. The van der Waals surface area contributed by atoms with Gasteiger partial charge in [0.05, 0.1) is 6.42 Å². The quantitative estimate of drug-likeness (QED) is 0.418. The van der Waals surface area contributed by atoms with Crippen LogP contribution in [0.1, 0.15) is 43.9 Å². The molecule has 0 aromatic heterocycles. The van der Waals surface area contributed by atoms with E-state index in [1.807, 2.05) is 91.0 Å². The number of carboxylic acid groups (broad SMARTS) is 1. The Bertz CT molecular complexity index is 1050. The molecule has 0 heterocycles. The Morgan fingerprint density at radius 2 is 1.17 bits per heavy atom. The summed E-state index contributed by atoms with van der Waals surface area (Å²) in [5.41, 5.74) is 0.516. The Morgan fingerprint density at radius 3 is 1.51 bits per heavy atom. The zero-order valence-electron chi connectivity index (χ0n) is 20.0. The van der Waals surface area contributed by atoms with Gasteiger partial charge in [-0.1, -0.05) is 91.0 Å². The SMILES string of the molecule is CC(C)(C)OC(=O)NC(CC(=O)NC(c1ccccc1)(c1ccccc1)c1ccccc1)C(=O)O. The predicted octanol–water partition coefficient (Wildman–Crippen LogP) is 4.46. The highest BCUT2D eigenvalue weighted by molar-refractivity contribution is 5.88. The summed E-state index contributed by atoms with van der Waals surface area (Å²) < 4.78 is 5.16. The van der Waals surface area contributed by atoms with E-state index in [0.29, 0.717) is 0 Å². The summed E-state index contributed by atoms with van der Waals surface area (Å²) in [5, 5.41) is 15.0. The molecule has 0 aliphatic heterocycles. The highest BCUT2D eigenvalue weighted by Crippen LogP contribution is 2.36. The molecule has 0 bridgehead atoms. The smallest absolute Gasteiger partial charge is 0.408 e. The average Bonchev–Trinajstić information content (AvgIpc) is 2.82. The largest absolute Gasteiger partial charge is 0.480 e. The molecule has 0 fully saturated rings. The first-order valence-electron chi connectivity index (χ1n) is 11.3. The Labute approximate surface area is 205 Å². The van der Waals surface area contributed by atoms with E-state index in [1.54, 1.807) is 20.8 Å². The van der Waals surface area contributed by atoms with E-state index in [1.165, 1.54) is 0 Å². The van der Waals surface area contributed by atoms with Gasteiger partial charge in [-0.25, -0.2) is 9.59 Å². The van der Waals surface area contributed by atoms with Gasteiger partial charge in [0.2, 0.25) is 5.91 Å². The van der Waals surface area contributed by atoms with Gasteiger partial charge in [0.25, 0.3) is 0 Å². The molecule has 7 nitrogen and oxygen atoms in total. The molecule has 2 amide bonds. The number of carbonyl (C=O) groups excluding carboxylic acids is 2. The number of carboxylic acids is 1. The van der Waals surface area contributed by atoms with Crippen LogP contribution >= 0.6 is 0 Å². The zero-order chi connectivity index (χ0) is 25.5. The summed E-state index contributed by atoms with van der Waals surface area (Å²) in [6, 6.07) is 26.9. The predicted molar refractivity (Wildman–Crippen MR) is 133 cm³/mol. The molecular formula is C28H30N2O5. The molecule has 0 aliphatic carbocycles. The van der Waals surface area contributed by atoms with Crippen LogP contribution in [0.3, 0.4) is 0 Å². The molecule has 7 heteroatoms. The van der Waals surface area contributed by atoms with Crippen LogP contribution in [0.15, 0.2) is 91.0 Å². The lowest BCUT2D eigenvalue weighted by Crippen LogP contribution is -2.51. The summed E-state index contributed by atoms with van der Waals surface area (Å²) in [4.78, 5) is 37.4. The van der Waals surface area contributed by atoms with Gasteiger partial charge in [0.15, 0.2) is 0 Å². The van der Waals surface area contributed by atoms with E-state index < -0.39 is 41.6 Å². The van der Waals surface area contributed by atoms with Crippen LogP contribution in [-0.4, -0.2) is 34.7 Å². The lowest BCUT2D eigenvalue weighted by atomic mass is 9.77. The Hall–Kier alpha value is -4.13. The number of hydrogen-bond donors (Lipinski definition) is 3. The van der Waals surface area contributed by atoms with Crippen molar-refractivity contribution >= 4 is 18.0 Å². The van der Waals surface area contributed by atoms with Crippen LogP contribution in [0.4, 0.5) is 4.79 Å². The van der Waals surface area contributed by atoms with Crippen LogP contribution in [0, 0.1) is 0 Å². The third kappa shape index (κ3) is 6.47. The average molecular weight is 475 g/mol. The number of alkyl carbamates (subject to hydrolysis) is 1. The topological polar surface area (TPSA) is 105 Å². The number of carbonyl (C=O) groups is 3. The number of nitrogens with one attached hydrogen (secondary N) is 2. The number of ether oxygens (including phenoxy) is 1. The Morgan fingerprint density at radius 1 is 0.771 bits per heavy atom. The third-order valence-corrected chi connectivity index (χ3v) is 5.33. The summed E-state index contributed by atoms with van der Waals surface area (Å²) >= 11 is 0. The fraction of sp³-hybridized carbons (Fsp3) is 0.250. The number of aliphatic carboxylic acids is 1. The second-order valence-electron chi connectivity index (χ2n) is 9.14. The van der Waals surface area contributed by atoms with Crippen molar-refractivity contribution in [3.8, 4) is 0 Å². The van der Waals surface area contributed by atoms with Crippen molar-refractivity contribution in [2.45, 2.75) is 44.4 Å². The molecule has 1 unspecified atom stereocenters. The van der Waals surface area contributed by atoms with Gasteiger partial charge in [0, 0.05) is 0 Å². The fourth-order valence-electron chi connectivity index (χ4n) is 3.88. The minimum Gasteiger partial charge on any atom is -0.480 e. The van der Waals surface area contributed by atoms with Gasteiger partial charge >= 0.3 is 12.1 Å². The normalized spacial score (nSPS) is 12.3. The minimum atomic E-state index is -1.47. The van der Waals surface area contributed by atoms with Crippen LogP contribution in [0.2, 0.25) is 0 Å². The molecule has 3 rings (SSSR count). The second kappa shape index (κ2) is 10.9. The molecule has 0 saturated heterocycles. The summed E-state index contributed by atoms with van der Waals surface area (Å²) in [5.74, 6) is -1.89. The molecular weight excluding hydrogens is 444 g/mol. The van der Waals surface area contributed by atoms with Crippen molar-refractivity contribution in [2.75, 3.05) is 0 Å². The molecule has 3 N–H and O–H groups in total. The van der Waals surface area contributed by atoms with E-state index in [9.17, 15) is 19.5 Å². The molecule has 0 radical (unpaired) electrons. The van der Waals surface area contributed by atoms with Crippen molar-refractivity contribution in [1.29, 1.82) is 0 Å². The van der Waals surface area contributed by atoms with Gasteiger partial charge in [-0.2, -0.15) is 0 Å². The van der Waals surface area contributed by atoms with Crippen molar-refractivity contribution in [2.24, 2.45) is 0 Å². The first kappa shape index (κ1) is 25.5. The minimum absolute atomic E-state index is 0.483. The van der Waals surface area contributed by atoms with Gasteiger partial charge in [0.1, 0.15) is 17.2 Å². The van der Waals surface area contributed by atoms with Crippen molar-refractivity contribution in [3.63, 3.8) is 0 Å². The number of amides is 2. The van der Waals surface area contributed by atoms with Gasteiger partial charge in [-0.05, 0) is 37.5 Å². The fourth-order valence-corrected chi connectivity index (χ4v) is 3.88. The lowest BCUT2D eigenvalue weighted by molar-refractivity contribution is -0.141. The van der Waals surface area contributed by atoms with E-state index in [4.69, 9.17) is 4.74 Å². The van der Waals surface area contributed by atoms with E-state index in [-0.39, 0.29) is 0 Å². The standard InChI is InChI=1S/C28H30N2O5/c1-27(2,3)35-26(34)29-23(25(32)33)19-24(31)30-28(20-13-7-4-8-14-20,21-15-9-5-10-16-21)22-17-11-6-12-18-22/h4-18,23H,19H2,1-3H3,(H,29,34)(H,30,31)(H,32,33). The second-order valence-corrected chi connectivity index (χ2v) is 9.14. The first-order chi connectivity index (χ1) is 16.6. The van der Waals surface area contributed by atoms with Gasteiger partial charge < -0.3 is 20.5 Å². The zero-order valence-corrected chi connectivity index (χ0v) is 20.0. The third-order valence-electron chi connectivity index (χ3n) is 5.33. The first-order valence-corrected chi connectivity index (χ1v) is 11.3. The van der Waals surface area contributed by atoms with E-state index in [0.717, 1.165) is 16.7 Å². The number of rotatable bonds is 8. The molecule has 0 aliphatic rings. The molecule has 1 atom stereocenters. The summed E-state index contributed by atoms with van der Waals surface area (Å²) in [6.45, 7) is 5.01. The molecule has 3 aromatic rings. The van der Waals surface area contributed by atoms with E-state index in [2.05, 4.69) is 10.6 Å².